The molecular formula is C22H23N3O4. The Kier molecular flexibility index (Phi) is 5.37. The molecule has 0 aliphatic carbocycles. The highest BCUT2D eigenvalue weighted by atomic mass is 16.7. The zero-order valence-electron chi connectivity index (χ0n) is 16.2. The first-order valence-corrected chi connectivity index (χ1v) is 9.53. The maximum Gasteiger partial charge on any atom is 0.239 e. The molecule has 150 valence electrons. The van der Waals surface area contributed by atoms with Gasteiger partial charge in [0.15, 0.2) is 11.5 Å². The van der Waals surface area contributed by atoms with Gasteiger partial charge in [-0.05, 0) is 35.7 Å². The van der Waals surface area contributed by atoms with Crippen molar-refractivity contribution >= 4 is 23.2 Å². The lowest BCUT2D eigenvalue weighted by Gasteiger charge is -2.11. The summed E-state index contributed by atoms with van der Waals surface area (Å²) in [6.07, 6.45) is 2.06. The number of carbonyl (C=O) groups is 2. The van der Waals surface area contributed by atoms with Gasteiger partial charge in [0, 0.05) is 36.6 Å². The molecule has 0 saturated heterocycles. The smallest absolute Gasteiger partial charge is 0.239 e. The van der Waals surface area contributed by atoms with Crippen molar-refractivity contribution < 1.29 is 19.1 Å². The molecule has 4 rings (SSSR count). The maximum absolute atomic E-state index is 11.9. The number of nitrogens with zero attached hydrogens (tertiary/aromatic N) is 1. The van der Waals surface area contributed by atoms with Gasteiger partial charge in [-0.15, -0.1) is 0 Å². The van der Waals surface area contributed by atoms with E-state index in [1.807, 2.05) is 30.3 Å². The summed E-state index contributed by atoms with van der Waals surface area (Å²) in [5.74, 6) is 1.37. The normalized spacial score (nSPS) is 12.2. The van der Waals surface area contributed by atoms with Crippen LogP contribution in [0.2, 0.25) is 0 Å². The predicted molar refractivity (Wildman–Crippen MR) is 109 cm³/mol. The molecule has 2 amide bonds. The number of rotatable bonds is 8. The third-order valence-electron chi connectivity index (χ3n) is 4.99. The molecule has 3 aromatic rings. The number of fused-ring (bicyclic) bond motifs is 2. The predicted octanol–water partition coefficient (Wildman–Crippen LogP) is 2.23. The van der Waals surface area contributed by atoms with Crippen LogP contribution in [0, 0.1) is 0 Å². The van der Waals surface area contributed by atoms with E-state index >= 15 is 0 Å². The molecule has 7 nitrogen and oxygen atoms in total. The van der Waals surface area contributed by atoms with Crippen molar-refractivity contribution in [1.29, 1.82) is 0 Å². The molecule has 0 fully saturated rings. The second kappa shape index (κ2) is 8.26. The molecule has 0 saturated carbocycles. The average Bonchev–Trinajstić information content (AvgIpc) is 3.32. The van der Waals surface area contributed by atoms with Gasteiger partial charge >= 0.3 is 0 Å². The van der Waals surface area contributed by atoms with Crippen molar-refractivity contribution in [3.63, 3.8) is 0 Å². The number of hydrogen-bond donors (Lipinski definition) is 2. The van der Waals surface area contributed by atoms with Crippen molar-refractivity contribution in [2.24, 2.45) is 0 Å². The van der Waals surface area contributed by atoms with Gasteiger partial charge in [0.2, 0.25) is 19.1 Å². The zero-order valence-corrected chi connectivity index (χ0v) is 16.2. The number of amides is 2. The largest absolute Gasteiger partial charge is 0.454 e. The summed E-state index contributed by atoms with van der Waals surface area (Å²) in [7, 11) is 1.58. The van der Waals surface area contributed by atoms with E-state index in [4.69, 9.17) is 9.47 Å². The van der Waals surface area contributed by atoms with Crippen LogP contribution in [0.15, 0.2) is 42.5 Å². The molecule has 1 aromatic heterocycles. The fraction of sp³-hybridized carbons (Fsp3) is 0.273. The van der Waals surface area contributed by atoms with Crippen molar-refractivity contribution in [1.82, 2.24) is 15.2 Å². The van der Waals surface area contributed by atoms with Crippen molar-refractivity contribution in [3.8, 4) is 11.5 Å². The van der Waals surface area contributed by atoms with E-state index in [2.05, 4.69) is 22.4 Å². The van der Waals surface area contributed by atoms with Crippen LogP contribution in [0.3, 0.4) is 0 Å². The fourth-order valence-electron chi connectivity index (χ4n) is 3.59. The monoisotopic (exact) mass is 393 g/mol. The summed E-state index contributed by atoms with van der Waals surface area (Å²) < 4.78 is 10.9. The van der Waals surface area contributed by atoms with Crippen LogP contribution in [0.25, 0.3) is 10.9 Å². The highest BCUT2D eigenvalue weighted by molar-refractivity contribution is 5.85. The Morgan fingerprint density at radius 1 is 1.21 bits per heavy atom. The van der Waals surface area contributed by atoms with Crippen LogP contribution < -0.4 is 14.8 Å². The van der Waals surface area contributed by atoms with E-state index in [0.717, 1.165) is 40.1 Å². The number of para-hydroxylation sites is 1. The molecule has 1 aliphatic heterocycles. The Labute approximate surface area is 168 Å². The Hall–Kier alpha value is -3.48. The number of hydrogen-bond acceptors (Lipinski definition) is 4. The average molecular weight is 393 g/mol. The summed E-state index contributed by atoms with van der Waals surface area (Å²) in [6.45, 7) is 0.818. The van der Waals surface area contributed by atoms with E-state index in [0.29, 0.717) is 19.4 Å². The Balaban J connectivity index is 1.51. The molecule has 2 aromatic carbocycles. The van der Waals surface area contributed by atoms with Gasteiger partial charge in [-0.3, -0.25) is 9.59 Å². The molecule has 0 unspecified atom stereocenters. The maximum atomic E-state index is 11.9. The van der Waals surface area contributed by atoms with Crippen LogP contribution in [0.4, 0.5) is 0 Å². The van der Waals surface area contributed by atoms with Crippen LogP contribution in [-0.2, 0) is 22.4 Å². The lowest BCUT2D eigenvalue weighted by atomic mass is 10.0. The summed E-state index contributed by atoms with van der Waals surface area (Å²) in [5.41, 5.74) is 4.50. The molecule has 0 radical (unpaired) electrons. The third kappa shape index (κ3) is 4.18. The molecule has 7 heteroatoms. The van der Waals surface area contributed by atoms with Crippen LogP contribution in [0.1, 0.15) is 16.8 Å². The minimum Gasteiger partial charge on any atom is -0.454 e. The van der Waals surface area contributed by atoms with Crippen LogP contribution in [-0.4, -0.2) is 49.1 Å². The van der Waals surface area contributed by atoms with Crippen molar-refractivity contribution in [2.75, 3.05) is 26.9 Å². The summed E-state index contributed by atoms with van der Waals surface area (Å²) in [5, 5.41) is 4.04. The summed E-state index contributed by atoms with van der Waals surface area (Å²) in [6, 6.07) is 14.1. The summed E-state index contributed by atoms with van der Waals surface area (Å²) in [4.78, 5) is 27.4. The Bertz CT molecular complexity index is 1040. The van der Waals surface area contributed by atoms with Gasteiger partial charge < -0.3 is 24.7 Å². The number of ether oxygens (including phenoxy) is 2. The van der Waals surface area contributed by atoms with Gasteiger partial charge in [0.1, 0.15) is 0 Å². The molecule has 0 spiro atoms. The first-order valence-electron chi connectivity index (χ1n) is 9.53. The van der Waals surface area contributed by atoms with Crippen molar-refractivity contribution in [3.05, 3.63) is 59.3 Å². The SMILES string of the molecule is CN(C=O)CC(=O)NCCc1c(Cc2ccc3c(c2)OCO3)[nH]c2ccccc12. The van der Waals surface area contributed by atoms with Gasteiger partial charge in [0.25, 0.3) is 0 Å². The van der Waals surface area contributed by atoms with Gasteiger partial charge in [-0.1, -0.05) is 24.3 Å². The lowest BCUT2D eigenvalue weighted by molar-refractivity contribution is -0.127. The van der Waals surface area contributed by atoms with Gasteiger partial charge in [0.05, 0.1) is 6.54 Å². The van der Waals surface area contributed by atoms with E-state index in [1.165, 1.54) is 10.5 Å². The third-order valence-corrected chi connectivity index (χ3v) is 4.99. The van der Waals surface area contributed by atoms with E-state index in [-0.39, 0.29) is 19.2 Å². The summed E-state index contributed by atoms with van der Waals surface area (Å²) >= 11 is 0. The van der Waals surface area contributed by atoms with Gasteiger partial charge in [-0.2, -0.15) is 0 Å². The topological polar surface area (TPSA) is 83.7 Å². The van der Waals surface area contributed by atoms with Gasteiger partial charge in [-0.25, -0.2) is 0 Å². The lowest BCUT2D eigenvalue weighted by Crippen LogP contribution is -2.35. The molecule has 1 aliphatic rings. The molecule has 0 bridgehead atoms. The van der Waals surface area contributed by atoms with E-state index < -0.39 is 0 Å². The molecular weight excluding hydrogens is 370 g/mol. The standard InChI is InChI=1S/C22H23N3O4/c1-25(13-26)12-22(27)23-9-8-17-16-4-2-3-5-18(16)24-19(17)10-15-6-7-20-21(11-15)29-14-28-20/h2-7,11,13,24H,8-10,12,14H2,1H3,(H,23,27). The number of aromatic nitrogens is 1. The highest BCUT2D eigenvalue weighted by Crippen LogP contribution is 2.34. The second-order valence-electron chi connectivity index (χ2n) is 7.11. The Morgan fingerprint density at radius 2 is 2.03 bits per heavy atom. The van der Waals surface area contributed by atoms with Crippen LogP contribution >= 0.6 is 0 Å². The number of aromatic amines is 1. The first-order chi connectivity index (χ1) is 14.1. The molecule has 0 atom stereocenters. The number of carbonyl (C=O) groups excluding carboxylic acids is 2. The Morgan fingerprint density at radius 3 is 2.90 bits per heavy atom. The van der Waals surface area contributed by atoms with Crippen LogP contribution in [0.5, 0.6) is 11.5 Å². The number of nitrogens with one attached hydrogen (secondary N) is 2. The molecule has 2 N–H and O–H groups in total. The minimum atomic E-state index is -0.170. The second-order valence-corrected chi connectivity index (χ2v) is 7.11. The zero-order chi connectivity index (χ0) is 20.2. The molecule has 2 heterocycles. The number of H-pyrrole nitrogens is 1. The molecule has 29 heavy (non-hydrogen) atoms. The minimum absolute atomic E-state index is 0.0570. The number of likely N-dealkylation sites (N-methyl/N-ethyl adjacent to an activating group) is 1. The quantitative estimate of drug-likeness (QED) is 0.575. The number of benzene rings is 2. The van der Waals surface area contributed by atoms with E-state index in [9.17, 15) is 9.59 Å². The fourth-order valence-corrected chi connectivity index (χ4v) is 3.59. The first kappa shape index (κ1) is 18.9. The highest BCUT2D eigenvalue weighted by Gasteiger charge is 2.16. The van der Waals surface area contributed by atoms with E-state index in [1.54, 1.807) is 7.05 Å². The van der Waals surface area contributed by atoms with Crippen molar-refractivity contribution in [2.45, 2.75) is 12.8 Å².